The summed E-state index contributed by atoms with van der Waals surface area (Å²) >= 11 is 0. The molecular formula is C30H50O. The molecule has 5 aliphatic carbocycles. The smallest absolute Gasteiger partial charge is 0.0594 e. The Hall–Kier alpha value is -0.300. The molecule has 0 amide bonds. The van der Waals surface area contributed by atoms with Crippen LogP contribution in [0.2, 0.25) is 0 Å². The van der Waals surface area contributed by atoms with Crippen LogP contribution in [0.3, 0.4) is 0 Å². The van der Waals surface area contributed by atoms with Crippen molar-refractivity contribution >= 4 is 0 Å². The van der Waals surface area contributed by atoms with Crippen molar-refractivity contribution in [1.82, 2.24) is 0 Å². The summed E-state index contributed by atoms with van der Waals surface area (Å²) in [6.45, 7) is 20.4. The minimum atomic E-state index is -0.118. The maximum atomic E-state index is 10.9. The van der Waals surface area contributed by atoms with Gasteiger partial charge in [0.15, 0.2) is 0 Å². The summed E-state index contributed by atoms with van der Waals surface area (Å²) in [6, 6.07) is 0. The van der Waals surface area contributed by atoms with Crippen LogP contribution in [-0.2, 0) is 0 Å². The second-order valence-corrected chi connectivity index (χ2v) is 14.7. The van der Waals surface area contributed by atoms with Gasteiger partial charge in [-0.25, -0.2) is 0 Å². The number of hydrogen-bond donors (Lipinski definition) is 1. The SMILES string of the molecule is CC(C)C1CCC2(C)CCC3(C)C(=C12)CCC1C2(C)CCC(O)C(C)(C)C2CCC13C. The highest BCUT2D eigenvalue weighted by molar-refractivity contribution is 5.39. The minimum absolute atomic E-state index is 0.0628. The summed E-state index contributed by atoms with van der Waals surface area (Å²) in [5.74, 6) is 3.09. The van der Waals surface area contributed by atoms with Gasteiger partial charge >= 0.3 is 0 Å². The molecule has 5 aliphatic rings. The second-order valence-electron chi connectivity index (χ2n) is 14.7. The Labute approximate surface area is 192 Å². The summed E-state index contributed by atoms with van der Waals surface area (Å²) in [6.07, 6.45) is 13.2. The fraction of sp³-hybridized carbons (Fsp3) is 0.933. The molecule has 0 saturated heterocycles. The van der Waals surface area contributed by atoms with Crippen molar-refractivity contribution in [2.24, 2.45) is 50.7 Å². The number of aliphatic hydroxyl groups excluding tert-OH is 1. The van der Waals surface area contributed by atoms with Gasteiger partial charge in [0.1, 0.15) is 0 Å². The van der Waals surface area contributed by atoms with Crippen LogP contribution in [0, 0.1) is 50.7 Å². The van der Waals surface area contributed by atoms with E-state index in [9.17, 15) is 5.11 Å². The van der Waals surface area contributed by atoms with E-state index in [4.69, 9.17) is 0 Å². The molecule has 8 atom stereocenters. The van der Waals surface area contributed by atoms with Crippen molar-refractivity contribution in [3.05, 3.63) is 11.1 Å². The van der Waals surface area contributed by atoms with Gasteiger partial charge in [0.25, 0.3) is 0 Å². The van der Waals surface area contributed by atoms with E-state index in [0.717, 1.165) is 24.2 Å². The Kier molecular flexibility index (Phi) is 4.82. The van der Waals surface area contributed by atoms with Crippen LogP contribution in [0.4, 0.5) is 0 Å². The Bertz CT molecular complexity index is 790. The quantitative estimate of drug-likeness (QED) is 0.419. The summed E-state index contributed by atoms with van der Waals surface area (Å²) in [7, 11) is 0. The van der Waals surface area contributed by atoms with Crippen LogP contribution < -0.4 is 0 Å². The standard InChI is InChI=1S/C30H50O/c1-19(2)20-11-14-27(5)17-18-29(7)21(25(20)27)9-10-23-28(6)15-13-24(31)26(3,4)22(28)12-16-30(23,29)8/h19-20,22-24,31H,9-18H2,1-8H3. The first-order valence-electron chi connectivity index (χ1n) is 13.7. The van der Waals surface area contributed by atoms with Gasteiger partial charge in [-0.15, -0.1) is 0 Å². The van der Waals surface area contributed by atoms with Crippen LogP contribution in [0.5, 0.6) is 0 Å². The lowest BCUT2D eigenvalue weighted by Crippen LogP contribution is -2.63. The third-order valence-electron chi connectivity index (χ3n) is 13.0. The monoisotopic (exact) mass is 426 g/mol. The summed E-state index contributed by atoms with van der Waals surface area (Å²) in [5.41, 5.74) is 5.64. The van der Waals surface area contributed by atoms with Crippen LogP contribution in [0.15, 0.2) is 11.1 Å². The number of hydrogen-bond acceptors (Lipinski definition) is 1. The predicted octanol–water partition coefficient (Wildman–Crippen LogP) is 8.17. The van der Waals surface area contributed by atoms with E-state index in [1.165, 1.54) is 57.8 Å². The largest absolute Gasteiger partial charge is 0.393 e. The maximum absolute atomic E-state index is 10.9. The Morgan fingerprint density at radius 1 is 0.774 bits per heavy atom. The predicted molar refractivity (Wildman–Crippen MR) is 131 cm³/mol. The van der Waals surface area contributed by atoms with Gasteiger partial charge in [-0.3, -0.25) is 0 Å². The molecule has 0 bridgehead atoms. The Morgan fingerprint density at radius 2 is 1.48 bits per heavy atom. The summed E-state index contributed by atoms with van der Waals surface area (Å²) in [5, 5.41) is 10.9. The van der Waals surface area contributed by atoms with Crippen molar-refractivity contribution in [2.75, 3.05) is 0 Å². The van der Waals surface area contributed by atoms with Crippen LogP contribution >= 0.6 is 0 Å². The van der Waals surface area contributed by atoms with E-state index >= 15 is 0 Å². The molecule has 5 rings (SSSR count). The molecule has 0 aromatic carbocycles. The van der Waals surface area contributed by atoms with Gasteiger partial charge < -0.3 is 5.11 Å². The average molecular weight is 427 g/mol. The third kappa shape index (κ3) is 2.65. The molecule has 8 unspecified atom stereocenters. The zero-order valence-corrected chi connectivity index (χ0v) is 21.9. The van der Waals surface area contributed by atoms with Crippen LogP contribution in [-0.4, -0.2) is 11.2 Å². The molecule has 31 heavy (non-hydrogen) atoms. The van der Waals surface area contributed by atoms with E-state index in [1.807, 2.05) is 11.1 Å². The first-order valence-corrected chi connectivity index (χ1v) is 13.7. The first kappa shape index (κ1) is 22.5. The fourth-order valence-electron chi connectivity index (χ4n) is 10.9. The molecular weight excluding hydrogens is 376 g/mol. The first-order chi connectivity index (χ1) is 14.3. The highest BCUT2D eigenvalue weighted by Crippen LogP contribution is 2.75. The number of fused-ring (bicyclic) bond motifs is 6. The fourth-order valence-corrected chi connectivity index (χ4v) is 10.9. The highest BCUT2D eigenvalue weighted by atomic mass is 16.3. The number of rotatable bonds is 1. The molecule has 1 heteroatoms. The maximum Gasteiger partial charge on any atom is 0.0594 e. The van der Waals surface area contributed by atoms with Crippen molar-refractivity contribution in [2.45, 2.75) is 126 Å². The molecule has 0 heterocycles. The van der Waals surface area contributed by atoms with Gasteiger partial charge in [0.2, 0.25) is 0 Å². The van der Waals surface area contributed by atoms with Crippen molar-refractivity contribution in [3.8, 4) is 0 Å². The lowest BCUT2D eigenvalue weighted by atomic mass is 9.34. The molecule has 0 spiro atoms. The molecule has 1 N–H and O–H groups in total. The molecule has 0 aromatic heterocycles. The number of aliphatic hydroxyl groups is 1. The lowest BCUT2D eigenvalue weighted by molar-refractivity contribution is -0.203. The van der Waals surface area contributed by atoms with Gasteiger partial charge in [0.05, 0.1) is 6.10 Å². The number of allylic oxidation sites excluding steroid dienone is 2. The molecule has 0 radical (unpaired) electrons. The molecule has 0 aliphatic heterocycles. The van der Waals surface area contributed by atoms with E-state index in [0.29, 0.717) is 27.6 Å². The normalized spacial score (nSPS) is 53.6. The van der Waals surface area contributed by atoms with E-state index in [2.05, 4.69) is 55.4 Å². The van der Waals surface area contributed by atoms with E-state index in [-0.39, 0.29) is 11.5 Å². The minimum Gasteiger partial charge on any atom is -0.393 e. The molecule has 4 fully saturated rings. The topological polar surface area (TPSA) is 20.2 Å². The lowest BCUT2D eigenvalue weighted by Gasteiger charge is -2.70. The molecule has 4 saturated carbocycles. The van der Waals surface area contributed by atoms with Crippen molar-refractivity contribution < 1.29 is 5.11 Å². The summed E-state index contributed by atoms with van der Waals surface area (Å²) < 4.78 is 0. The van der Waals surface area contributed by atoms with Gasteiger partial charge in [0, 0.05) is 0 Å². The Balaban J connectivity index is 1.61. The zero-order valence-electron chi connectivity index (χ0n) is 21.9. The van der Waals surface area contributed by atoms with Crippen LogP contribution in [0.1, 0.15) is 120 Å². The molecule has 1 nitrogen and oxygen atoms in total. The second kappa shape index (κ2) is 6.64. The highest BCUT2D eigenvalue weighted by Gasteiger charge is 2.67. The van der Waals surface area contributed by atoms with Gasteiger partial charge in [-0.1, -0.05) is 66.5 Å². The van der Waals surface area contributed by atoms with E-state index < -0.39 is 0 Å². The van der Waals surface area contributed by atoms with Gasteiger partial charge in [-0.2, -0.15) is 0 Å². The Morgan fingerprint density at radius 3 is 2.16 bits per heavy atom. The van der Waals surface area contributed by atoms with Gasteiger partial charge in [-0.05, 0) is 115 Å². The molecule has 0 aromatic rings. The van der Waals surface area contributed by atoms with Crippen molar-refractivity contribution in [3.63, 3.8) is 0 Å². The third-order valence-corrected chi connectivity index (χ3v) is 13.0. The molecule has 176 valence electrons. The average Bonchev–Trinajstić information content (AvgIpc) is 3.04. The zero-order chi connectivity index (χ0) is 22.6. The van der Waals surface area contributed by atoms with E-state index in [1.54, 1.807) is 0 Å². The van der Waals surface area contributed by atoms with Crippen LogP contribution in [0.25, 0.3) is 0 Å². The van der Waals surface area contributed by atoms with Crippen molar-refractivity contribution in [1.29, 1.82) is 0 Å². The summed E-state index contributed by atoms with van der Waals surface area (Å²) in [4.78, 5) is 0.